The molecule has 0 saturated carbocycles. The number of carbonyl (C=O) groups is 1. The number of nitro benzene ring substituents is 1. The van der Waals surface area contributed by atoms with E-state index in [4.69, 9.17) is 0 Å². The number of hydrogen-bond acceptors (Lipinski definition) is 5. The van der Waals surface area contributed by atoms with E-state index in [2.05, 4.69) is 5.32 Å². The molecule has 3 rings (SSSR count). The highest BCUT2D eigenvalue weighted by atomic mass is 32.2. The van der Waals surface area contributed by atoms with Crippen molar-refractivity contribution in [3.8, 4) is 0 Å². The Bertz CT molecular complexity index is 1030. The predicted octanol–water partition coefficient (Wildman–Crippen LogP) is 3.72. The first-order valence-corrected chi connectivity index (χ1v) is 10.9. The lowest BCUT2D eigenvalue weighted by Gasteiger charge is -2.20. The SMILES string of the molecule is Cc1cc(C(=O)Nc2cccc(S(=O)(=O)N3CCCCCC3)c2)ccc1[N+](=O)[O-]. The number of nitrogens with one attached hydrogen (secondary N) is 1. The van der Waals surface area contributed by atoms with Gasteiger partial charge in [-0.3, -0.25) is 14.9 Å². The zero-order valence-corrected chi connectivity index (χ0v) is 16.9. The molecule has 0 spiro atoms. The van der Waals surface area contributed by atoms with Crippen LogP contribution >= 0.6 is 0 Å². The summed E-state index contributed by atoms with van der Waals surface area (Å²) in [5, 5.41) is 13.6. The molecule has 0 unspecified atom stereocenters. The van der Waals surface area contributed by atoms with Crippen molar-refractivity contribution in [2.45, 2.75) is 37.5 Å². The lowest BCUT2D eigenvalue weighted by atomic mass is 10.1. The Morgan fingerprint density at radius 3 is 2.38 bits per heavy atom. The van der Waals surface area contributed by atoms with Gasteiger partial charge in [0.1, 0.15) is 0 Å². The second-order valence-corrected chi connectivity index (χ2v) is 9.00. The minimum Gasteiger partial charge on any atom is -0.322 e. The van der Waals surface area contributed by atoms with Gasteiger partial charge in [0.2, 0.25) is 10.0 Å². The van der Waals surface area contributed by atoms with Gasteiger partial charge in [0.15, 0.2) is 0 Å². The van der Waals surface area contributed by atoms with Crippen LogP contribution in [0.4, 0.5) is 11.4 Å². The molecule has 154 valence electrons. The fourth-order valence-electron chi connectivity index (χ4n) is 3.37. The smallest absolute Gasteiger partial charge is 0.272 e. The number of benzene rings is 2. The van der Waals surface area contributed by atoms with Crippen LogP contribution in [0, 0.1) is 17.0 Å². The van der Waals surface area contributed by atoms with E-state index in [0.29, 0.717) is 24.3 Å². The van der Waals surface area contributed by atoms with Crippen LogP contribution in [-0.2, 0) is 10.0 Å². The summed E-state index contributed by atoms with van der Waals surface area (Å²) < 4.78 is 27.4. The Balaban J connectivity index is 1.80. The van der Waals surface area contributed by atoms with Gasteiger partial charge in [-0.1, -0.05) is 18.9 Å². The highest BCUT2D eigenvalue weighted by molar-refractivity contribution is 7.89. The largest absolute Gasteiger partial charge is 0.322 e. The van der Waals surface area contributed by atoms with Crippen LogP contribution in [0.3, 0.4) is 0 Å². The zero-order chi connectivity index (χ0) is 21.0. The molecule has 0 atom stereocenters. The maximum Gasteiger partial charge on any atom is 0.272 e. The Hall–Kier alpha value is -2.78. The monoisotopic (exact) mass is 417 g/mol. The van der Waals surface area contributed by atoms with E-state index in [0.717, 1.165) is 25.7 Å². The quantitative estimate of drug-likeness (QED) is 0.589. The Labute approximate surface area is 169 Å². The molecule has 2 aromatic rings. The van der Waals surface area contributed by atoms with Gasteiger partial charge >= 0.3 is 0 Å². The summed E-state index contributed by atoms with van der Waals surface area (Å²) >= 11 is 0. The number of nitro groups is 1. The molecule has 1 aliphatic rings. The van der Waals surface area contributed by atoms with Crippen LogP contribution in [0.5, 0.6) is 0 Å². The van der Waals surface area contributed by atoms with Gasteiger partial charge in [0.25, 0.3) is 11.6 Å². The average Bonchev–Trinajstić information content (AvgIpc) is 2.98. The van der Waals surface area contributed by atoms with Crippen molar-refractivity contribution in [1.29, 1.82) is 0 Å². The molecule has 2 aromatic carbocycles. The zero-order valence-electron chi connectivity index (χ0n) is 16.1. The molecule has 1 aliphatic heterocycles. The summed E-state index contributed by atoms with van der Waals surface area (Å²) in [7, 11) is -3.62. The molecular weight excluding hydrogens is 394 g/mol. The number of amides is 1. The molecule has 0 aliphatic carbocycles. The Morgan fingerprint density at radius 1 is 1.07 bits per heavy atom. The Morgan fingerprint density at radius 2 is 1.76 bits per heavy atom. The van der Waals surface area contributed by atoms with E-state index < -0.39 is 20.9 Å². The van der Waals surface area contributed by atoms with Gasteiger partial charge in [-0.2, -0.15) is 4.31 Å². The number of rotatable bonds is 5. The topological polar surface area (TPSA) is 110 Å². The lowest BCUT2D eigenvalue weighted by Crippen LogP contribution is -2.32. The van der Waals surface area contributed by atoms with E-state index in [-0.39, 0.29) is 16.1 Å². The molecule has 0 aromatic heterocycles. The molecule has 1 fully saturated rings. The van der Waals surface area contributed by atoms with Crippen LogP contribution in [0.15, 0.2) is 47.4 Å². The first-order chi connectivity index (χ1) is 13.8. The van der Waals surface area contributed by atoms with Gasteiger partial charge in [-0.15, -0.1) is 0 Å². The molecule has 1 amide bonds. The third-order valence-corrected chi connectivity index (χ3v) is 6.85. The van der Waals surface area contributed by atoms with Crippen molar-refractivity contribution in [2.24, 2.45) is 0 Å². The predicted molar refractivity (Wildman–Crippen MR) is 109 cm³/mol. The molecule has 8 nitrogen and oxygen atoms in total. The van der Waals surface area contributed by atoms with Crippen LogP contribution in [-0.4, -0.2) is 36.6 Å². The number of sulfonamides is 1. The van der Waals surface area contributed by atoms with Gasteiger partial charge < -0.3 is 5.32 Å². The maximum atomic E-state index is 12.9. The fourth-order valence-corrected chi connectivity index (χ4v) is 4.93. The van der Waals surface area contributed by atoms with Crippen LogP contribution in [0.2, 0.25) is 0 Å². The highest BCUT2D eigenvalue weighted by Gasteiger charge is 2.25. The van der Waals surface area contributed by atoms with Crippen molar-refractivity contribution >= 4 is 27.3 Å². The van der Waals surface area contributed by atoms with Crippen molar-refractivity contribution in [2.75, 3.05) is 18.4 Å². The minimum absolute atomic E-state index is 0.0629. The lowest BCUT2D eigenvalue weighted by molar-refractivity contribution is -0.385. The van der Waals surface area contributed by atoms with Gasteiger partial charge in [-0.25, -0.2) is 8.42 Å². The molecule has 0 radical (unpaired) electrons. The number of nitrogens with zero attached hydrogens (tertiary/aromatic N) is 2. The molecule has 1 N–H and O–H groups in total. The summed E-state index contributed by atoms with van der Waals surface area (Å²) in [6, 6.07) is 10.2. The van der Waals surface area contributed by atoms with Gasteiger partial charge in [-0.05, 0) is 50.1 Å². The second kappa shape index (κ2) is 8.71. The summed E-state index contributed by atoms with van der Waals surface area (Å²) in [4.78, 5) is 23.1. The number of aryl methyl sites for hydroxylation is 1. The summed E-state index contributed by atoms with van der Waals surface area (Å²) in [5.41, 5.74) is 0.919. The van der Waals surface area contributed by atoms with E-state index in [1.807, 2.05) is 0 Å². The van der Waals surface area contributed by atoms with E-state index in [9.17, 15) is 23.3 Å². The molecule has 1 saturated heterocycles. The van der Waals surface area contributed by atoms with Crippen molar-refractivity contribution in [1.82, 2.24) is 4.31 Å². The van der Waals surface area contributed by atoms with Crippen molar-refractivity contribution in [3.05, 3.63) is 63.7 Å². The van der Waals surface area contributed by atoms with Gasteiger partial charge in [0, 0.05) is 36.0 Å². The van der Waals surface area contributed by atoms with E-state index in [1.165, 1.54) is 34.6 Å². The third kappa shape index (κ3) is 4.80. The molecular formula is C20H23N3O5S. The normalized spacial score (nSPS) is 15.5. The molecule has 1 heterocycles. The Kier molecular flexibility index (Phi) is 6.29. The number of hydrogen-bond donors (Lipinski definition) is 1. The first kappa shape index (κ1) is 20.9. The second-order valence-electron chi connectivity index (χ2n) is 7.06. The minimum atomic E-state index is -3.62. The first-order valence-electron chi connectivity index (χ1n) is 9.45. The van der Waals surface area contributed by atoms with Gasteiger partial charge in [0.05, 0.1) is 9.82 Å². The molecule has 29 heavy (non-hydrogen) atoms. The number of carbonyl (C=O) groups excluding carboxylic acids is 1. The third-order valence-electron chi connectivity index (χ3n) is 4.95. The standard InChI is InChI=1S/C20H23N3O5S/c1-15-13-16(9-10-19(15)23(25)26)20(24)21-17-7-6-8-18(14-17)29(27,28)22-11-4-2-3-5-12-22/h6-10,13-14H,2-5,11-12H2,1H3,(H,21,24). The fraction of sp³-hybridized carbons (Fsp3) is 0.350. The molecule has 9 heteroatoms. The van der Waals surface area contributed by atoms with Crippen molar-refractivity contribution in [3.63, 3.8) is 0 Å². The van der Waals surface area contributed by atoms with Crippen LogP contribution in [0.1, 0.15) is 41.6 Å². The molecule has 0 bridgehead atoms. The summed E-state index contributed by atoms with van der Waals surface area (Å²) in [6.45, 7) is 2.56. The van der Waals surface area contributed by atoms with E-state index in [1.54, 1.807) is 19.1 Å². The van der Waals surface area contributed by atoms with Crippen LogP contribution < -0.4 is 5.32 Å². The number of anilines is 1. The van der Waals surface area contributed by atoms with Crippen LogP contribution in [0.25, 0.3) is 0 Å². The van der Waals surface area contributed by atoms with Crippen molar-refractivity contribution < 1.29 is 18.1 Å². The van der Waals surface area contributed by atoms with E-state index >= 15 is 0 Å². The summed E-state index contributed by atoms with van der Waals surface area (Å²) in [5.74, 6) is -0.465. The maximum absolute atomic E-state index is 12.9. The summed E-state index contributed by atoms with van der Waals surface area (Å²) in [6.07, 6.45) is 3.73. The highest BCUT2D eigenvalue weighted by Crippen LogP contribution is 2.24. The average molecular weight is 417 g/mol.